The summed E-state index contributed by atoms with van der Waals surface area (Å²) < 4.78 is 1.11. The second kappa shape index (κ2) is 2.46. The van der Waals surface area contributed by atoms with Gasteiger partial charge in [-0.3, -0.25) is 0 Å². The summed E-state index contributed by atoms with van der Waals surface area (Å²) >= 11 is 3.32. The standard InChI is InChI=1S/C6H4BrSi/c7-5-1-3-6(8)4-2-5/h1-4H. The third-order valence-electron chi connectivity index (χ3n) is 0.844. The third-order valence-corrected chi connectivity index (χ3v) is 1.71. The van der Waals surface area contributed by atoms with E-state index in [-0.39, 0.29) is 0 Å². The van der Waals surface area contributed by atoms with E-state index in [4.69, 9.17) is 0 Å². The Morgan fingerprint density at radius 2 is 1.62 bits per heavy atom. The number of rotatable bonds is 0. The lowest BCUT2D eigenvalue weighted by Crippen LogP contribution is -1.97. The monoisotopic (exact) mass is 183 g/mol. The first-order chi connectivity index (χ1) is 3.79. The van der Waals surface area contributed by atoms with Crippen LogP contribution in [0.15, 0.2) is 28.7 Å². The van der Waals surface area contributed by atoms with Crippen molar-refractivity contribution in [1.82, 2.24) is 0 Å². The molecule has 0 amide bonds. The van der Waals surface area contributed by atoms with Gasteiger partial charge >= 0.3 is 0 Å². The first-order valence-corrected chi connectivity index (χ1v) is 3.55. The number of hydrogen-bond donors (Lipinski definition) is 0. The zero-order valence-corrected chi connectivity index (χ0v) is 6.77. The topological polar surface area (TPSA) is 0 Å². The van der Waals surface area contributed by atoms with Gasteiger partial charge in [0.25, 0.3) is 0 Å². The fourth-order valence-electron chi connectivity index (χ4n) is 0.450. The normalized spacial score (nSPS) is 9.25. The second-order valence-corrected chi connectivity index (χ2v) is 3.00. The fourth-order valence-corrected chi connectivity index (χ4v) is 0.881. The highest BCUT2D eigenvalue weighted by molar-refractivity contribution is 9.10. The molecule has 3 radical (unpaired) electrons. The Morgan fingerprint density at radius 3 is 2.00 bits per heavy atom. The van der Waals surface area contributed by atoms with E-state index in [0.29, 0.717) is 0 Å². The van der Waals surface area contributed by atoms with E-state index in [1.165, 1.54) is 0 Å². The van der Waals surface area contributed by atoms with Crippen molar-refractivity contribution in [2.24, 2.45) is 0 Å². The van der Waals surface area contributed by atoms with Gasteiger partial charge < -0.3 is 0 Å². The molecule has 1 aromatic rings. The molecule has 0 saturated carbocycles. The summed E-state index contributed by atoms with van der Waals surface area (Å²) in [5, 5.41) is 1.10. The van der Waals surface area contributed by atoms with Gasteiger partial charge in [-0.25, -0.2) is 0 Å². The molecule has 0 fully saturated rings. The number of halogens is 1. The largest absolute Gasteiger partial charge is 0.0711 e. The fraction of sp³-hybridized carbons (Fsp3) is 0. The molecule has 0 heterocycles. The highest BCUT2D eigenvalue weighted by Crippen LogP contribution is 2.04. The quantitative estimate of drug-likeness (QED) is 0.532. The van der Waals surface area contributed by atoms with Gasteiger partial charge in [-0.15, -0.1) is 0 Å². The molecule has 0 bridgehead atoms. The van der Waals surface area contributed by atoms with Gasteiger partial charge in [0, 0.05) is 4.47 Å². The van der Waals surface area contributed by atoms with Crippen molar-refractivity contribution in [2.45, 2.75) is 0 Å². The summed E-state index contributed by atoms with van der Waals surface area (Å²) in [5.74, 6) is 0. The van der Waals surface area contributed by atoms with Crippen LogP contribution in [0.5, 0.6) is 0 Å². The lowest BCUT2D eigenvalue weighted by molar-refractivity contribution is 1.70. The SMILES string of the molecule is [Si]c1ccc(Br)cc1. The average molecular weight is 184 g/mol. The van der Waals surface area contributed by atoms with Crippen LogP contribution in [0.25, 0.3) is 0 Å². The van der Waals surface area contributed by atoms with Crippen molar-refractivity contribution in [3.8, 4) is 0 Å². The summed E-state index contributed by atoms with van der Waals surface area (Å²) in [6.45, 7) is 0. The van der Waals surface area contributed by atoms with E-state index in [1.54, 1.807) is 0 Å². The molecule has 39 valence electrons. The molecule has 0 nitrogen and oxygen atoms in total. The molecule has 0 unspecified atom stereocenters. The second-order valence-electron chi connectivity index (χ2n) is 1.51. The van der Waals surface area contributed by atoms with Crippen LogP contribution in [0.3, 0.4) is 0 Å². The van der Waals surface area contributed by atoms with Crippen LogP contribution in [0, 0.1) is 0 Å². The molecule has 2 heteroatoms. The highest BCUT2D eigenvalue weighted by Gasteiger charge is 1.81. The molecule has 0 atom stereocenters. The molecule has 0 aromatic heterocycles. The predicted molar refractivity (Wildman–Crippen MR) is 39.5 cm³/mol. The molecule has 1 aromatic carbocycles. The Hall–Kier alpha value is -0.0831. The molecule has 1 rings (SSSR count). The Kier molecular flexibility index (Phi) is 1.86. The Balaban J connectivity index is 3.03. The average Bonchev–Trinajstić information content (AvgIpc) is 1.77. The zero-order chi connectivity index (χ0) is 5.98. The van der Waals surface area contributed by atoms with Crippen molar-refractivity contribution >= 4 is 31.4 Å². The van der Waals surface area contributed by atoms with Crippen molar-refractivity contribution in [1.29, 1.82) is 0 Å². The molecule has 0 aliphatic rings. The van der Waals surface area contributed by atoms with Gasteiger partial charge in [-0.1, -0.05) is 33.2 Å². The van der Waals surface area contributed by atoms with Crippen LogP contribution in [0.4, 0.5) is 0 Å². The molecule has 0 aliphatic heterocycles. The Labute approximate surface area is 60.5 Å². The van der Waals surface area contributed by atoms with Crippen LogP contribution in [0.2, 0.25) is 0 Å². The van der Waals surface area contributed by atoms with Gasteiger partial charge in [-0.05, 0) is 12.1 Å². The van der Waals surface area contributed by atoms with Gasteiger partial charge in [0.1, 0.15) is 0 Å². The zero-order valence-electron chi connectivity index (χ0n) is 4.19. The summed E-state index contributed by atoms with van der Waals surface area (Å²) in [6.07, 6.45) is 0. The maximum atomic E-state index is 3.37. The van der Waals surface area contributed by atoms with Crippen molar-refractivity contribution in [3.63, 3.8) is 0 Å². The predicted octanol–water partition coefficient (Wildman–Crippen LogP) is 1.24. The molecule has 0 N–H and O–H groups in total. The first-order valence-electron chi connectivity index (χ1n) is 2.26. The molecular formula is C6H4BrSi. The highest BCUT2D eigenvalue weighted by atomic mass is 79.9. The molecule has 0 spiro atoms. The minimum absolute atomic E-state index is 1.10. The molecule has 8 heavy (non-hydrogen) atoms. The smallest absolute Gasteiger partial charge is 0.0673 e. The van der Waals surface area contributed by atoms with Crippen molar-refractivity contribution in [3.05, 3.63) is 28.7 Å². The van der Waals surface area contributed by atoms with Gasteiger partial charge in [0.05, 0.1) is 10.2 Å². The Morgan fingerprint density at radius 1 is 1.12 bits per heavy atom. The van der Waals surface area contributed by atoms with E-state index in [0.717, 1.165) is 9.66 Å². The van der Waals surface area contributed by atoms with Crippen molar-refractivity contribution < 1.29 is 0 Å². The van der Waals surface area contributed by atoms with Gasteiger partial charge in [-0.2, -0.15) is 0 Å². The molecule has 0 saturated heterocycles. The van der Waals surface area contributed by atoms with Crippen LogP contribution >= 0.6 is 15.9 Å². The van der Waals surface area contributed by atoms with E-state index < -0.39 is 0 Å². The third kappa shape index (κ3) is 1.45. The van der Waals surface area contributed by atoms with E-state index in [2.05, 4.69) is 26.2 Å². The minimum Gasteiger partial charge on any atom is -0.0673 e. The van der Waals surface area contributed by atoms with Gasteiger partial charge in [0.15, 0.2) is 0 Å². The van der Waals surface area contributed by atoms with Crippen LogP contribution in [0.1, 0.15) is 0 Å². The summed E-state index contributed by atoms with van der Waals surface area (Å²) in [5.41, 5.74) is 0. The van der Waals surface area contributed by atoms with Crippen LogP contribution in [-0.4, -0.2) is 10.2 Å². The van der Waals surface area contributed by atoms with Crippen molar-refractivity contribution in [2.75, 3.05) is 0 Å². The summed E-state index contributed by atoms with van der Waals surface area (Å²) in [7, 11) is 3.37. The summed E-state index contributed by atoms with van der Waals surface area (Å²) in [4.78, 5) is 0. The lowest BCUT2D eigenvalue weighted by atomic mass is 10.4. The number of benzene rings is 1. The summed E-state index contributed by atoms with van der Waals surface area (Å²) in [6, 6.07) is 7.95. The van der Waals surface area contributed by atoms with Crippen LogP contribution in [-0.2, 0) is 0 Å². The van der Waals surface area contributed by atoms with E-state index in [9.17, 15) is 0 Å². The number of hydrogen-bond acceptors (Lipinski definition) is 0. The molecular weight excluding hydrogens is 180 g/mol. The van der Waals surface area contributed by atoms with E-state index in [1.807, 2.05) is 24.3 Å². The van der Waals surface area contributed by atoms with Crippen LogP contribution < -0.4 is 5.19 Å². The maximum absolute atomic E-state index is 3.37. The minimum atomic E-state index is 1.10. The lowest BCUT2D eigenvalue weighted by Gasteiger charge is -1.88. The maximum Gasteiger partial charge on any atom is 0.0711 e. The molecule has 0 aliphatic carbocycles. The Bertz CT molecular complexity index is 147. The van der Waals surface area contributed by atoms with E-state index >= 15 is 0 Å². The van der Waals surface area contributed by atoms with Gasteiger partial charge in [0.2, 0.25) is 0 Å². The first kappa shape index (κ1) is 6.04.